The molecular formula is C16H27N5O2. The number of hydrogen-bond donors (Lipinski definition) is 2. The summed E-state index contributed by atoms with van der Waals surface area (Å²) in [7, 11) is 3.62. The van der Waals surface area contributed by atoms with Gasteiger partial charge in [0, 0.05) is 52.7 Å². The highest BCUT2D eigenvalue weighted by atomic mass is 16.5. The lowest BCUT2D eigenvalue weighted by molar-refractivity contribution is 0.0911. The smallest absolute Gasteiger partial charge is 0.224 e. The number of aromatic nitrogens is 2. The molecule has 0 amide bonds. The summed E-state index contributed by atoms with van der Waals surface area (Å²) in [6, 6.07) is 2.78. The van der Waals surface area contributed by atoms with Crippen LogP contribution >= 0.6 is 0 Å². The number of hydrogen-bond acceptors (Lipinski definition) is 7. The largest absolute Gasteiger partial charge is 0.381 e. The molecule has 7 nitrogen and oxygen atoms in total. The van der Waals surface area contributed by atoms with Gasteiger partial charge in [-0.25, -0.2) is 4.98 Å². The molecule has 2 aliphatic heterocycles. The van der Waals surface area contributed by atoms with E-state index in [2.05, 4.69) is 25.5 Å². The highest BCUT2D eigenvalue weighted by Crippen LogP contribution is 2.22. The van der Waals surface area contributed by atoms with Crippen LogP contribution in [0.15, 0.2) is 12.3 Å². The maximum atomic E-state index is 5.71. The molecule has 128 valence electrons. The summed E-state index contributed by atoms with van der Waals surface area (Å²) in [5.74, 6) is 1.59. The first kappa shape index (κ1) is 16.4. The van der Waals surface area contributed by atoms with E-state index in [9.17, 15) is 0 Å². The van der Waals surface area contributed by atoms with Crippen LogP contribution in [0.25, 0.3) is 0 Å². The first-order valence-electron chi connectivity index (χ1n) is 8.42. The topological polar surface area (TPSA) is 71.5 Å². The Bertz CT molecular complexity index is 493. The maximum absolute atomic E-state index is 5.71. The molecule has 2 N–H and O–H groups in total. The minimum atomic E-state index is 0.173. The van der Waals surface area contributed by atoms with Gasteiger partial charge in [0.1, 0.15) is 5.82 Å². The van der Waals surface area contributed by atoms with Crippen LogP contribution in [0.2, 0.25) is 0 Å². The van der Waals surface area contributed by atoms with Crippen LogP contribution in [0.3, 0.4) is 0 Å². The summed E-state index contributed by atoms with van der Waals surface area (Å²) >= 11 is 0. The summed E-state index contributed by atoms with van der Waals surface area (Å²) in [6.07, 6.45) is 5.34. The molecule has 0 saturated carbocycles. The third kappa shape index (κ3) is 4.10. The molecule has 7 heteroatoms. The minimum Gasteiger partial charge on any atom is -0.381 e. The average Bonchev–Trinajstić information content (AvgIpc) is 2.82. The molecular weight excluding hydrogens is 294 g/mol. The minimum absolute atomic E-state index is 0.173. The monoisotopic (exact) mass is 321 g/mol. The van der Waals surface area contributed by atoms with Crippen molar-refractivity contribution in [3.05, 3.63) is 12.3 Å². The lowest BCUT2D eigenvalue weighted by Gasteiger charge is -2.24. The number of methoxy groups -OCH3 is 1. The van der Waals surface area contributed by atoms with Gasteiger partial charge in [0.2, 0.25) is 5.95 Å². The van der Waals surface area contributed by atoms with Crippen LogP contribution in [-0.4, -0.2) is 68.6 Å². The summed E-state index contributed by atoms with van der Waals surface area (Å²) in [5, 5.41) is 6.77. The number of ether oxygens (including phenoxy) is 2. The Morgan fingerprint density at radius 3 is 3.04 bits per heavy atom. The quantitative estimate of drug-likeness (QED) is 0.834. The zero-order valence-corrected chi connectivity index (χ0v) is 14.0. The summed E-state index contributed by atoms with van der Waals surface area (Å²) in [6.45, 7) is 3.48. The third-order valence-electron chi connectivity index (χ3n) is 4.66. The van der Waals surface area contributed by atoms with Crippen molar-refractivity contribution in [2.45, 2.75) is 37.5 Å². The molecule has 2 aliphatic rings. The van der Waals surface area contributed by atoms with Crippen LogP contribution in [0.5, 0.6) is 0 Å². The second kappa shape index (κ2) is 7.90. The number of nitrogens with zero attached hydrogens (tertiary/aromatic N) is 3. The van der Waals surface area contributed by atoms with Gasteiger partial charge in [-0.3, -0.25) is 0 Å². The van der Waals surface area contributed by atoms with E-state index in [1.807, 2.05) is 13.1 Å². The molecule has 3 heterocycles. The van der Waals surface area contributed by atoms with E-state index in [1.165, 1.54) is 6.42 Å². The molecule has 2 saturated heterocycles. The Labute approximate surface area is 137 Å². The fourth-order valence-electron chi connectivity index (χ4n) is 3.38. The Morgan fingerprint density at radius 1 is 1.30 bits per heavy atom. The molecule has 0 radical (unpaired) electrons. The SMILES string of the molecule is CNc1nccc(N2C[C@H](OC)[C@H](NC3CCCOCC3)C2)n1. The Kier molecular flexibility index (Phi) is 5.64. The van der Waals surface area contributed by atoms with Crippen LogP contribution in [0, 0.1) is 0 Å². The number of anilines is 2. The van der Waals surface area contributed by atoms with Gasteiger partial charge in [-0.05, 0) is 25.3 Å². The molecule has 2 fully saturated rings. The Hall–Kier alpha value is -1.44. The van der Waals surface area contributed by atoms with E-state index in [1.54, 1.807) is 13.3 Å². The zero-order valence-electron chi connectivity index (χ0n) is 14.0. The van der Waals surface area contributed by atoms with Crippen molar-refractivity contribution in [3.63, 3.8) is 0 Å². The molecule has 1 unspecified atom stereocenters. The standard InChI is InChI=1S/C16H27N5O2/c1-17-16-18-7-5-15(20-16)21-10-13(14(11-21)22-2)19-12-4-3-8-23-9-6-12/h5,7,12-14,19H,3-4,6,8-11H2,1-2H3,(H,17,18,20)/t12?,13-,14+/m1/s1. The van der Waals surface area contributed by atoms with E-state index in [0.717, 1.165) is 45.0 Å². The highest BCUT2D eigenvalue weighted by molar-refractivity contribution is 5.44. The number of rotatable bonds is 5. The van der Waals surface area contributed by atoms with Gasteiger partial charge in [0.25, 0.3) is 0 Å². The van der Waals surface area contributed by atoms with Gasteiger partial charge in [-0.2, -0.15) is 4.98 Å². The molecule has 0 aliphatic carbocycles. The predicted molar refractivity (Wildman–Crippen MR) is 90.0 cm³/mol. The molecule has 0 spiro atoms. The van der Waals surface area contributed by atoms with Crippen molar-refractivity contribution < 1.29 is 9.47 Å². The second-order valence-electron chi connectivity index (χ2n) is 6.18. The first-order chi connectivity index (χ1) is 11.3. The lowest BCUT2D eigenvalue weighted by atomic mass is 10.1. The zero-order chi connectivity index (χ0) is 16.1. The van der Waals surface area contributed by atoms with Gasteiger partial charge in [0.05, 0.1) is 12.1 Å². The summed E-state index contributed by atoms with van der Waals surface area (Å²) < 4.78 is 11.3. The molecule has 3 rings (SSSR count). The van der Waals surface area contributed by atoms with Crippen LogP contribution in [-0.2, 0) is 9.47 Å². The summed E-state index contributed by atoms with van der Waals surface area (Å²) in [5.41, 5.74) is 0. The van der Waals surface area contributed by atoms with E-state index >= 15 is 0 Å². The van der Waals surface area contributed by atoms with Gasteiger partial charge >= 0.3 is 0 Å². The van der Waals surface area contributed by atoms with Crippen LogP contribution < -0.4 is 15.5 Å². The molecule has 1 aromatic heterocycles. The molecule has 0 bridgehead atoms. The van der Waals surface area contributed by atoms with E-state index in [0.29, 0.717) is 18.0 Å². The van der Waals surface area contributed by atoms with E-state index < -0.39 is 0 Å². The van der Waals surface area contributed by atoms with Crippen molar-refractivity contribution in [2.24, 2.45) is 0 Å². The number of nitrogens with one attached hydrogen (secondary N) is 2. The average molecular weight is 321 g/mol. The maximum Gasteiger partial charge on any atom is 0.224 e. The van der Waals surface area contributed by atoms with E-state index in [4.69, 9.17) is 9.47 Å². The first-order valence-corrected chi connectivity index (χ1v) is 8.42. The molecule has 3 atom stereocenters. The van der Waals surface area contributed by atoms with Gasteiger partial charge in [-0.15, -0.1) is 0 Å². The fraction of sp³-hybridized carbons (Fsp3) is 0.750. The predicted octanol–water partition coefficient (Wildman–Crippen LogP) is 0.881. The Morgan fingerprint density at radius 2 is 2.22 bits per heavy atom. The fourth-order valence-corrected chi connectivity index (χ4v) is 3.38. The van der Waals surface area contributed by atoms with Crippen LogP contribution in [0.1, 0.15) is 19.3 Å². The molecule has 23 heavy (non-hydrogen) atoms. The normalized spacial score (nSPS) is 28.6. The lowest BCUT2D eigenvalue weighted by Crippen LogP contribution is -2.46. The van der Waals surface area contributed by atoms with Crippen LogP contribution in [0.4, 0.5) is 11.8 Å². The highest BCUT2D eigenvalue weighted by Gasteiger charge is 2.35. The Balaban J connectivity index is 1.64. The van der Waals surface area contributed by atoms with Gasteiger partial charge < -0.3 is 25.0 Å². The van der Waals surface area contributed by atoms with Crippen molar-refractivity contribution in [3.8, 4) is 0 Å². The van der Waals surface area contributed by atoms with Crippen molar-refractivity contribution in [2.75, 3.05) is 50.7 Å². The molecule has 1 aromatic rings. The second-order valence-corrected chi connectivity index (χ2v) is 6.18. The van der Waals surface area contributed by atoms with E-state index in [-0.39, 0.29) is 6.10 Å². The van der Waals surface area contributed by atoms with Crippen molar-refractivity contribution in [1.82, 2.24) is 15.3 Å². The third-order valence-corrected chi connectivity index (χ3v) is 4.66. The summed E-state index contributed by atoms with van der Waals surface area (Å²) in [4.78, 5) is 11.0. The molecule has 0 aromatic carbocycles. The van der Waals surface area contributed by atoms with Gasteiger partial charge in [-0.1, -0.05) is 0 Å². The van der Waals surface area contributed by atoms with Crippen molar-refractivity contribution in [1.29, 1.82) is 0 Å². The van der Waals surface area contributed by atoms with Crippen molar-refractivity contribution >= 4 is 11.8 Å². The van der Waals surface area contributed by atoms with Gasteiger partial charge in [0.15, 0.2) is 0 Å².